The second kappa shape index (κ2) is 11.1. The van der Waals surface area contributed by atoms with Gasteiger partial charge in [-0.25, -0.2) is 4.39 Å². The standard InChI is InChI=1S/C23H30FN3O3/c1-3-26(16-19-6-9-22(29-2)21(24)14-19)17-23(28)25-20-7-4-18(5-8-20)15-27-10-12-30-13-11-27/h4-9,14H,3,10-13,15-17H2,1-2H3,(H,25,28)/p+2. The van der Waals surface area contributed by atoms with Gasteiger partial charge in [0.25, 0.3) is 5.91 Å². The van der Waals surface area contributed by atoms with Gasteiger partial charge in [-0.1, -0.05) is 12.1 Å². The van der Waals surface area contributed by atoms with Crippen LogP contribution in [0.1, 0.15) is 18.1 Å². The molecule has 0 spiro atoms. The Morgan fingerprint density at radius 2 is 1.87 bits per heavy atom. The van der Waals surface area contributed by atoms with Crippen LogP contribution in [0.2, 0.25) is 0 Å². The summed E-state index contributed by atoms with van der Waals surface area (Å²) in [6, 6.07) is 13.0. The van der Waals surface area contributed by atoms with E-state index in [1.54, 1.807) is 6.07 Å². The fourth-order valence-electron chi connectivity index (χ4n) is 3.68. The van der Waals surface area contributed by atoms with Gasteiger partial charge in [0.05, 0.1) is 26.9 Å². The zero-order chi connectivity index (χ0) is 21.3. The molecule has 3 rings (SSSR count). The summed E-state index contributed by atoms with van der Waals surface area (Å²) in [6.07, 6.45) is 0. The number of nitrogens with one attached hydrogen (secondary N) is 3. The zero-order valence-corrected chi connectivity index (χ0v) is 17.8. The number of benzene rings is 2. The molecule has 7 heteroatoms. The minimum Gasteiger partial charge on any atom is -0.494 e. The smallest absolute Gasteiger partial charge is 0.279 e. The number of quaternary nitrogens is 2. The van der Waals surface area contributed by atoms with E-state index in [9.17, 15) is 9.18 Å². The Kier molecular flexibility index (Phi) is 8.19. The van der Waals surface area contributed by atoms with E-state index in [-0.39, 0.29) is 17.5 Å². The Morgan fingerprint density at radius 3 is 2.50 bits per heavy atom. The molecular formula is C23H32FN3O3+2. The highest BCUT2D eigenvalue weighted by Crippen LogP contribution is 2.17. The molecule has 1 atom stereocenters. The van der Waals surface area contributed by atoms with Crippen LogP contribution in [0.4, 0.5) is 10.1 Å². The molecule has 6 nitrogen and oxygen atoms in total. The summed E-state index contributed by atoms with van der Waals surface area (Å²) >= 11 is 0. The van der Waals surface area contributed by atoms with Gasteiger partial charge in [-0.3, -0.25) is 4.79 Å². The van der Waals surface area contributed by atoms with Crippen LogP contribution in [0.15, 0.2) is 42.5 Å². The molecule has 2 aromatic rings. The minimum absolute atomic E-state index is 0.0487. The second-order valence-corrected chi connectivity index (χ2v) is 7.71. The van der Waals surface area contributed by atoms with Crippen LogP contribution in [0.5, 0.6) is 5.75 Å². The molecule has 3 N–H and O–H groups in total. The first-order valence-corrected chi connectivity index (χ1v) is 10.5. The average molecular weight is 418 g/mol. The van der Waals surface area contributed by atoms with E-state index < -0.39 is 0 Å². The molecule has 0 bridgehead atoms. The average Bonchev–Trinajstić information content (AvgIpc) is 2.75. The number of carbonyl (C=O) groups excluding carboxylic acids is 1. The summed E-state index contributed by atoms with van der Waals surface area (Å²) in [4.78, 5) is 15.1. The molecule has 0 saturated carbocycles. The quantitative estimate of drug-likeness (QED) is 0.550. The van der Waals surface area contributed by atoms with Crippen LogP contribution < -0.4 is 19.9 Å². The third-order valence-electron chi connectivity index (χ3n) is 5.47. The van der Waals surface area contributed by atoms with Gasteiger partial charge in [0, 0.05) is 16.8 Å². The monoisotopic (exact) mass is 417 g/mol. The van der Waals surface area contributed by atoms with Gasteiger partial charge in [-0.05, 0) is 37.3 Å². The molecule has 1 fully saturated rings. The van der Waals surface area contributed by atoms with E-state index in [2.05, 4.69) is 17.4 Å². The van der Waals surface area contributed by atoms with Crippen molar-refractivity contribution in [3.05, 3.63) is 59.4 Å². The lowest BCUT2D eigenvalue weighted by Gasteiger charge is -2.23. The topological polar surface area (TPSA) is 56.4 Å². The number of rotatable bonds is 9. The van der Waals surface area contributed by atoms with Crippen molar-refractivity contribution in [3.8, 4) is 5.75 Å². The molecule has 1 heterocycles. The number of anilines is 1. The van der Waals surface area contributed by atoms with Crippen LogP contribution >= 0.6 is 0 Å². The molecule has 1 saturated heterocycles. The lowest BCUT2D eigenvalue weighted by Crippen LogP contribution is -3.12. The minimum atomic E-state index is -0.381. The maximum Gasteiger partial charge on any atom is 0.279 e. The van der Waals surface area contributed by atoms with Crippen molar-refractivity contribution >= 4 is 11.6 Å². The maximum absolute atomic E-state index is 13.9. The van der Waals surface area contributed by atoms with Gasteiger partial charge < -0.3 is 24.6 Å². The number of halogens is 1. The number of amides is 1. The third kappa shape index (κ3) is 6.52. The molecule has 0 aromatic heterocycles. The second-order valence-electron chi connectivity index (χ2n) is 7.71. The molecule has 1 aliphatic rings. The van der Waals surface area contributed by atoms with Gasteiger partial charge >= 0.3 is 0 Å². The highest BCUT2D eigenvalue weighted by Gasteiger charge is 2.16. The van der Waals surface area contributed by atoms with Crippen molar-refractivity contribution in [1.82, 2.24) is 0 Å². The fourth-order valence-corrected chi connectivity index (χ4v) is 3.68. The lowest BCUT2D eigenvalue weighted by molar-refractivity contribution is -0.921. The Bertz CT molecular complexity index is 823. The van der Waals surface area contributed by atoms with E-state index in [4.69, 9.17) is 9.47 Å². The molecule has 2 aromatic carbocycles. The number of hydrogen-bond acceptors (Lipinski definition) is 3. The van der Waals surface area contributed by atoms with Crippen LogP contribution in [-0.4, -0.2) is 52.4 Å². The van der Waals surface area contributed by atoms with Crippen LogP contribution in [0.3, 0.4) is 0 Å². The van der Waals surface area contributed by atoms with Crippen molar-refractivity contribution in [2.75, 3.05) is 51.8 Å². The van der Waals surface area contributed by atoms with Crippen molar-refractivity contribution < 1.29 is 28.5 Å². The molecule has 1 unspecified atom stereocenters. The largest absolute Gasteiger partial charge is 0.494 e. The zero-order valence-electron chi connectivity index (χ0n) is 17.8. The van der Waals surface area contributed by atoms with E-state index >= 15 is 0 Å². The summed E-state index contributed by atoms with van der Waals surface area (Å²) in [5.74, 6) is -0.200. The number of hydrogen-bond donors (Lipinski definition) is 3. The molecule has 0 aliphatic carbocycles. The Balaban J connectivity index is 1.50. The summed E-state index contributed by atoms with van der Waals surface area (Å²) in [5, 5.41) is 2.97. The third-order valence-corrected chi connectivity index (χ3v) is 5.47. The lowest BCUT2D eigenvalue weighted by atomic mass is 10.2. The van der Waals surface area contributed by atoms with Crippen molar-refractivity contribution in [2.45, 2.75) is 20.0 Å². The predicted octanol–water partition coefficient (Wildman–Crippen LogP) is 0.293. The van der Waals surface area contributed by atoms with Gasteiger partial charge in [-0.15, -0.1) is 0 Å². The first-order chi connectivity index (χ1) is 14.6. The number of morpholine rings is 1. The van der Waals surface area contributed by atoms with E-state index in [0.717, 1.165) is 55.5 Å². The summed E-state index contributed by atoms with van der Waals surface area (Å²) in [5.41, 5.74) is 2.90. The van der Waals surface area contributed by atoms with Gasteiger partial charge in [0.15, 0.2) is 18.1 Å². The van der Waals surface area contributed by atoms with Gasteiger partial charge in [0.2, 0.25) is 0 Å². The molecule has 1 amide bonds. The number of likely N-dealkylation sites (N-methyl/N-ethyl adjacent to an activating group) is 1. The fraction of sp³-hybridized carbons (Fsp3) is 0.435. The molecule has 1 aliphatic heterocycles. The summed E-state index contributed by atoms with van der Waals surface area (Å²) in [6.45, 7) is 8.37. The molecule has 0 radical (unpaired) electrons. The number of ether oxygens (including phenoxy) is 2. The normalized spacial score (nSPS) is 15.6. The molecular weight excluding hydrogens is 385 g/mol. The van der Waals surface area contributed by atoms with Crippen molar-refractivity contribution in [2.24, 2.45) is 0 Å². The number of methoxy groups -OCH3 is 1. The van der Waals surface area contributed by atoms with E-state index in [1.165, 1.54) is 23.6 Å². The van der Waals surface area contributed by atoms with Crippen molar-refractivity contribution in [1.29, 1.82) is 0 Å². The summed E-state index contributed by atoms with van der Waals surface area (Å²) in [7, 11) is 1.45. The van der Waals surface area contributed by atoms with Gasteiger partial charge in [-0.2, -0.15) is 0 Å². The Labute approximate surface area is 177 Å². The predicted molar refractivity (Wildman–Crippen MR) is 113 cm³/mol. The SMILES string of the molecule is CC[NH+](CC(=O)Nc1ccc(C[NH+]2CCOCC2)cc1)Cc1ccc(OC)c(F)c1. The number of carbonyl (C=O) groups is 1. The molecule has 162 valence electrons. The summed E-state index contributed by atoms with van der Waals surface area (Å²) < 4.78 is 24.3. The Morgan fingerprint density at radius 1 is 1.17 bits per heavy atom. The first kappa shape index (κ1) is 22.2. The highest BCUT2D eigenvalue weighted by atomic mass is 19.1. The van der Waals surface area contributed by atoms with Crippen LogP contribution in [-0.2, 0) is 22.6 Å². The first-order valence-electron chi connectivity index (χ1n) is 10.5. The van der Waals surface area contributed by atoms with Crippen molar-refractivity contribution in [3.63, 3.8) is 0 Å². The Hall–Kier alpha value is -2.48. The van der Waals surface area contributed by atoms with E-state index in [0.29, 0.717) is 13.1 Å². The molecule has 30 heavy (non-hydrogen) atoms. The van der Waals surface area contributed by atoms with Crippen LogP contribution in [0.25, 0.3) is 0 Å². The highest BCUT2D eigenvalue weighted by molar-refractivity contribution is 5.91. The van der Waals surface area contributed by atoms with Gasteiger partial charge in [0.1, 0.15) is 26.2 Å². The van der Waals surface area contributed by atoms with E-state index in [1.807, 2.05) is 25.1 Å². The van der Waals surface area contributed by atoms with Crippen LogP contribution in [0, 0.1) is 5.82 Å². The maximum atomic E-state index is 13.9.